The Morgan fingerprint density at radius 2 is 1.88 bits per heavy atom. The number of rotatable bonds is 14. The molecule has 0 fully saturated rings. The summed E-state index contributed by atoms with van der Waals surface area (Å²) in [6.45, 7) is 7.34. The van der Waals surface area contributed by atoms with Crippen LogP contribution in [0.3, 0.4) is 0 Å². The lowest BCUT2D eigenvalue weighted by molar-refractivity contribution is -0.114. The van der Waals surface area contributed by atoms with E-state index in [9.17, 15) is 9.90 Å². The summed E-state index contributed by atoms with van der Waals surface area (Å²) in [7, 11) is 5.91. The van der Waals surface area contributed by atoms with E-state index in [0.29, 0.717) is 25.3 Å². The molecular formula is C17H36N6O2. The van der Waals surface area contributed by atoms with Crippen molar-refractivity contribution in [2.75, 3.05) is 54.0 Å². The molecule has 0 aromatic rings. The van der Waals surface area contributed by atoms with Gasteiger partial charge in [-0.25, -0.2) is 4.99 Å². The zero-order valence-electron chi connectivity index (χ0n) is 16.5. The second-order valence-electron chi connectivity index (χ2n) is 6.26. The molecule has 0 aliphatic carbocycles. The Kier molecular flexibility index (Phi) is 14.1. The predicted molar refractivity (Wildman–Crippen MR) is 104 cm³/mol. The molecule has 8 heteroatoms. The number of hydrogen-bond acceptors (Lipinski definition) is 6. The fraction of sp³-hybridized carbons (Fsp3) is 0.824. The second kappa shape index (κ2) is 14.9. The van der Waals surface area contributed by atoms with Gasteiger partial charge in [-0.3, -0.25) is 20.0 Å². The highest BCUT2D eigenvalue weighted by Gasteiger charge is 2.07. The van der Waals surface area contributed by atoms with E-state index < -0.39 is 6.23 Å². The first-order chi connectivity index (χ1) is 11.9. The summed E-state index contributed by atoms with van der Waals surface area (Å²) in [5, 5.41) is 15.4. The van der Waals surface area contributed by atoms with Gasteiger partial charge in [0.15, 0.2) is 0 Å². The van der Waals surface area contributed by atoms with E-state index in [-0.39, 0.29) is 5.91 Å². The molecular weight excluding hydrogens is 320 g/mol. The topological polar surface area (TPSA) is 92.6 Å². The van der Waals surface area contributed by atoms with E-state index in [1.807, 2.05) is 33.0 Å². The zero-order chi connectivity index (χ0) is 19.1. The van der Waals surface area contributed by atoms with E-state index in [0.717, 1.165) is 32.5 Å². The highest BCUT2D eigenvalue weighted by molar-refractivity contribution is 6.39. The van der Waals surface area contributed by atoms with E-state index in [1.54, 1.807) is 6.92 Å². The first-order valence-corrected chi connectivity index (χ1v) is 8.95. The number of carbonyl (C=O) groups is 1. The molecule has 1 unspecified atom stereocenters. The van der Waals surface area contributed by atoms with E-state index in [2.05, 4.69) is 25.5 Å². The van der Waals surface area contributed by atoms with Gasteiger partial charge in [0.25, 0.3) is 5.91 Å². The molecule has 0 saturated carbocycles. The summed E-state index contributed by atoms with van der Waals surface area (Å²) in [5.41, 5.74) is 0.493. The van der Waals surface area contributed by atoms with Gasteiger partial charge >= 0.3 is 0 Å². The van der Waals surface area contributed by atoms with E-state index in [1.165, 1.54) is 6.34 Å². The molecule has 8 nitrogen and oxygen atoms in total. The van der Waals surface area contributed by atoms with Crippen LogP contribution in [0.1, 0.15) is 33.1 Å². The van der Waals surface area contributed by atoms with Gasteiger partial charge in [-0.05, 0) is 60.4 Å². The highest BCUT2D eigenvalue weighted by Crippen LogP contribution is 1.91. The molecule has 0 saturated heterocycles. The van der Waals surface area contributed by atoms with Gasteiger partial charge < -0.3 is 15.3 Å². The molecule has 146 valence electrons. The SMILES string of the molecule is CCC(=NC=NCNCCCN(C)C(C)O)C(=O)NCCCN(C)C. The number of nitrogens with zero attached hydrogens (tertiary/aromatic N) is 4. The number of hydrogen-bond donors (Lipinski definition) is 3. The minimum absolute atomic E-state index is 0.123. The first-order valence-electron chi connectivity index (χ1n) is 8.95. The maximum absolute atomic E-state index is 12.0. The van der Waals surface area contributed by atoms with Crippen LogP contribution in [-0.4, -0.2) is 93.1 Å². The normalized spacial score (nSPS) is 13.8. The van der Waals surface area contributed by atoms with Crippen LogP contribution < -0.4 is 10.6 Å². The maximum atomic E-state index is 12.0. The smallest absolute Gasteiger partial charge is 0.265 e. The largest absolute Gasteiger partial charge is 0.379 e. The molecule has 0 aromatic carbocycles. The Labute approximate surface area is 152 Å². The molecule has 0 radical (unpaired) electrons. The summed E-state index contributed by atoms with van der Waals surface area (Å²) in [4.78, 5) is 24.2. The molecule has 0 aliphatic rings. The van der Waals surface area contributed by atoms with Crippen molar-refractivity contribution in [3.8, 4) is 0 Å². The fourth-order valence-electron chi connectivity index (χ4n) is 1.94. The molecule has 0 spiro atoms. The zero-order valence-corrected chi connectivity index (χ0v) is 16.5. The van der Waals surface area contributed by atoms with Crippen LogP contribution in [0.2, 0.25) is 0 Å². The number of carbonyl (C=O) groups excluding carboxylic acids is 1. The van der Waals surface area contributed by atoms with Crippen molar-refractivity contribution in [1.29, 1.82) is 0 Å². The van der Waals surface area contributed by atoms with Crippen LogP contribution in [0.25, 0.3) is 0 Å². The van der Waals surface area contributed by atoms with Crippen molar-refractivity contribution in [1.82, 2.24) is 20.4 Å². The lowest BCUT2D eigenvalue weighted by Crippen LogP contribution is -2.32. The minimum Gasteiger partial charge on any atom is -0.379 e. The molecule has 25 heavy (non-hydrogen) atoms. The molecule has 0 aliphatic heterocycles. The second-order valence-corrected chi connectivity index (χ2v) is 6.26. The molecule has 0 bridgehead atoms. The van der Waals surface area contributed by atoms with Crippen LogP contribution in [-0.2, 0) is 4.79 Å². The van der Waals surface area contributed by atoms with Gasteiger partial charge in [-0.2, -0.15) is 0 Å². The molecule has 3 N–H and O–H groups in total. The number of aliphatic hydroxyl groups is 1. The van der Waals surface area contributed by atoms with E-state index in [4.69, 9.17) is 0 Å². The fourth-order valence-corrected chi connectivity index (χ4v) is 1.94. The van der Waals surface area contributed by atoms with Crippen molar-refractivity contribution >= 4 is 18.0 Å². The minimum atomic E-state index is -0.422. The number of aliphatic hydroxyl groups excluding tert-OH is 1. The third kappa shape index (κ3) is 13.6. The summed E-state index contributed by atoms with van der Waals surface area (Å²) in [6, 6.07) is 0. The van der Waals surface area contributed by atoms with Crippen molar-refractivity contribution in [3.63, 3.8) is 0 Å². The van der Waals surface area contributed by atoms with Gasteiger partial charge in [0.2, 0.25) is 0 Å². The molecule has 0 aromatic heterocycles. The third-order valence-corrected chi connectivity index (χ3v) is 3.67. The summed E-state index contributed by atoms with van der Waals surface area (Å²) < 4.78 is 0. The van der Waals surface area contributed by atoms with Crippen LogP contribution in [0.5, 0.6) is 0 Å². The van der Waals surface area contributed by atoms with E-state index >= 15 is 0 Å². The third-order valence-electron chi connectivity index (χ3n) is 3.67. The van der Waals surface area contributed by atoms with Crippen LogP contribution >= 0.6 is 0 Å². The van der Waals surface area contributed by atoms with Crippen LogP contribution in [0.4, 0.5) is 0 Å². The quantitative estimate of drug-likeness (QED) is 0.178. The van der Waals surface area contributed by atoms with Gasteiger partial charge in [0.1, 0.15) is 18.3 Å². The Balaban J connectivity index is 3.93. The monoisotopic (exact) mass is 356 g/mol. The highest BCUT2D eigenvalue weighted by atomic mass is 16.3. The number of amides is 1. The van der Waals surface area contributed by atoms with Crippen molar-refractivity contribution in [3.05, 3.63) is 0 Å². The van der Waals surface area contributed by atoms with Gasteiger partial charge in [-0.1, -0.05) is 6.92 Å². The lowest BCUT2D eigenvalue weighted by atomic mass is 10.2. The lowest BCUT2D eigenvalue weighted by Gasteiger charge is -2.19. The van der Waals surface area contributed by atoms with Crippen molar-refractivity contribution in [2.45, 2.75) is 39.3 Å². The molecule has 0 rings (SSSR count). The van der Waals surface area contributed by atoms with Crippen molar-refractivity contribution in [2.24, 2.45) is 9.98 Å². The summed E-state index contributed by atoms with van der Waals surface area (Å²) in [6.07, 6.45) is 3.43. The molecule has 1 amide bonds. The van der Waals surface area contributed by atoms with Crippen LogP contribution in [0.15, 0.2) is 9.98 Å². The molecule has 0 heterocycles. The average Bonchev–Trinajstić information content (AvgIpc) is 2.56. The predicted octanol–water partition coefficient (Wildman–Crippen LogP) is 0.141. The Bertz CT molecular complexity index is 410. The number of nitrogens with one attached hydrogen (secondary N) is 2. The Morgan fingerprint density at radius 1 is 1.20 bits per heavy atom. The molecule has 1 atom stereocenters. The summed E-state index contributed by atoms with van der Waals surface area (Å²) >= 11 is 0. The summed E-state index contributed by atoms with van der Waals surface area (Å²) in [5.74, 6) is -0.123. The average molecular weight is 357 g/mol. The van der Waals surface area contributed by atoms with Gasteiger partial charge in [-0.15, -0.1) is 0 Å². The maximum Gasteiger partial charge on any atom is 0.265 e. The standard InChI is InChI=1S/C17H36N6O2/c1-6-16(17(25)20-10-8-11-22(3)4)21-14-19-13-18-9-7-12-23(5)15(2)24/h14-15,18,24H,6-13H2,1-5H3,(H,20,25). The van der Waals surface area contributed by atoms with Gasteiger partial charge in [0, 0.05) is 13.1 Å². The Morgan fingerprint density at radius 3 is 2.48 bits per heavy atom. The van der Waals surface area contributed by atoms with Crippen LogP contribution in [0, 0.1) is 0 Å². The Hall–Kier alpha value is -1.35. The van der Waals surface area contributed by atoms with Gasteiger partial charge in [0.05, 0.1) is 6.67 Å². The number of aliphatic imine (C=N–C) groups is 2. The first kappa shape index (κ1) is 23.6. The van der Waals surface area contributed by atoms with Crippen molar-refractivity contribution < 1.29 is 9.90 Å².